The van der Waals surface area contributed by atoms with Crippen LogP contribution in [0.25, 0.3) is 10.9 Å². The van der Waals surface area contributed by atoms with Gasteiger partial charge in [-0.05, 0) is 36.8 Å². The number of anilines is 1. The number of hydrogen-bond donors (Lipinski definition) is 2. The Bertz CT molecular complexity index is 1000. The zero-order valence-electron chi connectivity index (χ0n) is 15.0. The van der Waals surface area contributed by atoms with Gasteiger partial charge in [0.05, 0.1) is 18.2 Å². The summed E-state index contributed by atoms with van der Waals surface area (Å²) in [4.78, 5) is 16.9. The fourth-order valence-corrected chi connectivity index (χ4v) is 3.18. The maximum atomic E-state index is 14.5. The highest BCUT2D eigenvalue weighted by molar-refractivity contribution is 6.04. The highest BCUT2D eigenvalue weighted by Gasteiger charge is 2.20. The van der Waals surface area contributed by atoms with E-state index in [2.05, 4.69) is 15.6 Å². The van der Waals surface area contributed by atoms with Crippen molar-refractivity contribution in [3.63, 3.8) is 0 Å². The van der Waals surface area contributed by atoms with Crippen LogP contribution in [0.1, 0.15) is 27.7 Å². The molecule has 1 aromatic heterocycles. The molecule has 1 saturated heterocycles. The Morgan fingerprint density at radius 1 is 1.22 bits per heavy atom. The topological polar surface area (TPSA) is 63.2 Å². The van der Waals surface area contributed by atoms with Crippen LogP contribution in [0.2, 0.25) is 0 Å². The van der Waals surface area contributed by atoms with Gasteiger partial charge < -0.3 is 15.4 Å². The van der Waals surface area contributed by atoms with Crippen molar-refractivity contribution in [2.75, 3.05) is 25.0 Å². The van der Waals surface area contributed by atoms with E-state index in [-0.39, 0.29) is 17.7 Å². The van der Waals surface area contributed by atoms with E-state index in [0.717, 1.165) is 23.0 Å². The van der Waals surface area contributed by atoms with Crippen molar-refractivity contribution < 1.29 is 13.9 Å². The number of morpholine rings is 1. The second-order valence-electron chi connectivity index (χ2n) is 6.65. The Kier molecular flexibility index (Phi) is 4.83. The van der Waals surface area contributed by atoms with Gasteiger partial charge in [-0.25, -0.2) is 9.37 Å². The molecule has 0 unspecified atom stereocenters. The van der Waals surface area contributed by atoms with Crippen LogP contribution in [0.15, 0.2) is 48.5 Å². The fraction of sp³-hybridized carbons (Fsp3) is 0.238. The number of carbonyl (C=O) groups is 1. The maximum absolute atomic E-state index is 14.5. The molecule has 0 spiro atoms. The molecule has 4 rings (SSSR count). The molecule has 1 aliphatic rings. The number of nitrogens with one attached hydrogen (secondary N) is 2. The fourth-order valence-electron chi connectivity index (χ4n) is 3.18. The first-order valence-corrected chi connectivity index (χ1v) is 8.91. The van der Waals surface area contributed by atoms with Crippen molar-refractivity contribution in [2.24, 2.45) is 0 Å². The summed E-state index contributed by atoms with van der Waals surface area (Å²) in [5, 5.41) is 6.85. The van der Waals surface area contributed by atoms with Crippen LogP contribution in [-0.2, 0) is 4.74 Å². The van der Waals surface area contributed by atoms with Crippen molar-refractivity contribution in [1.82, 2.24) is 10.3 Å². The van der Waals surface area contributed by atoms with E-state index in [1.165, 1.54) is 6.07 Å². The Morgan fingerprint density at radius 2 is 2.07 bits per heavy atom. The lowest BCUT2D eigenvalue weighted by atomic mass is 10.1. The van der Waals surface area contributed by atoms with Crippen LogP contribution in [0.3, 0.4) is 0 Å². The van der Waals surface area contributed by atoms with Crippen molar-refractivity contribution in [3.05, 3.63) is 71.2 Å². The molecule has 1 amide bonds. The Balaban J connectivity index is 1.53. The van der Waals surface area contributed by atoms with E-state index in [4.69, 9.17) is 4.74 Å². The van der Waals surface area contributed by atoms with Crippen LogP contribution in [0.4, 0.5) is 10.1 Å². The number of nitrogens with zero attached hydrogens (tertiary/aromatic N) is 1. The molecule has 1 atom stereocenters. The molecule has 27 heavy (non-hydrogen) atoms. The van der Waals surface area contributed by atoms with E-state index in [1.54, 1.807) is 18.2 Å². The predicted molar refractivity (Wildman–Crippen MR) is 102 cm³/mol. The molecule has 5 nitrogen and oxygen atoms in total. The maximum Gasteiger partial charge on any atom is 0.274 e. The zero-order chi connectivity index (χ0) is 18.8. The summed E-state index contributed by atoms with van der Waals surface area (Å²) in [6, 6.07) is 14.1. The van der Waals surface area contributed by atoms with Crippen molar-refractivity contribution >= 4 is 22.5 Å². The molecule has 1 aliphatic heterocycles. The van der Waals surface area contributed by atoms with E-state index in [9.17, 15) is 9.18 Å². The molecule has 3 aromatic rings. The summed E-state index contributed by atoms with van der Waals surface area (Å²) >= 11 is 0. The van der Waals surface area contributed by atoms with Crippen LogP contribution in [-0.4, -0.2) is 30.6 Å². The normalized spacial score (nSPS) is 17.0. The summed E-state index contributed by atoms with van der Waals surface area (Å²) in [7, 11) is 0. The molecule has 6 heteroatoms. The quantitative estimate of drug-likeness (QED) is 0.745. The third-order valence-electron chi connectivity index (χ3n) is 4.61. The van der Waals surface area contributed by atoms with Crippen LogP contribution in [0, 0.1) is 12.7 Å². The Labute approximate surface area is 156 Å². The van der Waals surface area contributed by atoms with Crippen molar-refractivity contribution in [2.45, 2.75) is 13.0 Å². The minimum Gasteiger partial charge on any atom is -0.371 e. The number of hydrogen-bond acceptors (Lipinski definition) is 4. The SMILES string of the molecule is Cc1ccc2ccc(C(=O)Nc3ccc([C@H]4CNCCO4)c(F)c3)nc2c1. The summed E-state index contributed by atoms with van der Waals surface area (Å²) in [5.41, 5.74) is 2.99. The molecule has 138 valence electrons. The van der Waals surface area contributed by atoms with E-state index >= 15 is 0 Å². The van der Waals surface area contributed by atoms with Gasteiger partial charge in [-0.2, -0.15) is 0 Å². The third kappa shape index (κ3) is 3.82. The lowest BCUT2D eigenvalue weighted by Crippen LogP contribution is -2.33. The number of ether oxygens (including phenoxy) is 1. The Morgan fingerprint density at radius 3 is 2.85 bits per heavy atom. The van der Waals surface area contributed by atoms with Gasteiger partial charge in [0.25, 0.3) is 5.91 Å². The molecule has 2 heterocycles. The monoisotopic (exact) mass is 365 g/mol. The summed E-state index contributed by atoms with van der Waals surface area (Å²) in [6.07, 6.45) is -0.311. The van der Waals surface area contributed by atoms with Gasteiger partial charge in [-0.3, -0.25) is 4.79 Å². The minimum absolute atomic E-state index is 0.289. The van der Waals surface area contributed by atoms with E-state index < -0.39 is 5.82 Å². The number of amides is 1. The smallest absolute Gasteiger partial charge is 0.274 e. The number of halogens is 1. The highest BCUT2D eigenvalue weighted by Crippen LogP contribution is 2.24. The number of fused-ring (bicyclic) bond motifs is 1. The van der Waals surface area contributed by atoms with Gasteiger partial charge in [0.15, 0.2) is 0 Å². The number of carbonyl (C=O) groups excluding carboxylic acids is 1. The first-order valence-electron chi connectivity index (χ1n) is 8.91. The number of benzene rings is 2. The van der Waals surface area contributed by atoms with Gasteiger partial charge in [0.1, 0.15) is 11.5 Å². The van der Waals surface area contributed by atoms with Gasteiger partial charge >= 0.3 is 0 Å². The molecular formula is C21H20FN3O2. The average Bonchev–Trinajstić information content (AvgIpc) is 2.68. The number of rotatable bonds is 3. The second-order valence-corrected chi connectivity index (χ2v) is 6.65. The van der Waals surface area contributed by atoms with Crippen LogP contribution < -0.4 is 10.6 Å². The van der Waals surface area contributed by atoms with Crippen LogP contribution >= 0.6 is 0 Å². The lowest BCUT2D eigenvalue weighted by Gasteiger charge is -2.24. The predicted octanol–water partition coefficient (Wildman–Crippen LogP) is 3.60. The van der Waals surface area contributed by atoms with Gasteiger partial charge in [0.2, 0.25) is 0 Å². The zero-order valence-corrected chi connectivity index (χ0v) is 15.0. The van der Waals surface area contributed by atoms with Crippen molar-refractivity contribution in [1.29, 1.82) is 0 Å². The number of pyridine rings is 1. The van der Waals surface area contributed by atoms with Gasteiger partial charge in [0, 0.05) is 29.7 Å². The summed E-state index contributed by atoms with van der Waals surface area (Å²) < 4.78 is 20.1. The van der Waals surface area contributed by atoms with Crippen molar-refractivity contribution in [3.8, 4) is 0 Å². The molecule has 0 saturated carbocycles. The Hall–Kier alpha value is -2.83. The van der Waals surface area contributed by atoms with E-state index in [0.29, 0.717) is 24.4 Å². The van der Waals surface area contributed by atoms with Gasteiger partial charge in [-0.15, -0.1) is 0 Å². The van der Waals surface area contributed by atoms with Crippen LogP contribution in [0.5, 0.6) is 0 Å². The summed E-state index contributed by atoms with van der Waals surface area (Å²) in [5.74, 6) is -0.773. The largest absolute Gasteiger partial charge is 0.371 e. The standard InChI is InChI=1S/C21H20FN3O2/c1-13-2-3-14-4-7-18(25-19(14)10-13)21(26)24-15-5-6-16(17(22)11-15)20-12-23-8-9-27-20/h2-7,10-11,20,23H,8-9,12H2,1H3,(H,24,26)/t20-/m1/s1. The minimum atomic E-state index is -0.399. The first kappa shape index (κ1) is 17.6. The van der Waals surface area contributed by atoms with Gasteiger partial charge in [-0.1, -0.05) is 24.3 Å². The number of aryl methyl sites for hydroxylation is 1. The molecule has 2 N–H and O–H groups in total. The molecule has 2 aromatic carbocycles. The third-order valence-corrected chi connectivity index (χ3v) is 4.61. The first-order chi connectivity index (χ1) is 13.1. The number of aromatic nitrogens is 1. The second kappa shape index (κ2) is 7.42. The molecule has 1 fully saturated rings. The average molecular weight is 365 g/mol. The molecule has 0 radical (unpaired) electrons. The van der Waals surface area contributed by atoms with E-state index in [1.807, 2.05) is 31.2 Å². The molecule has 0 aliphatic carbocycles. The molecule has 0 bridgehead atoms. The molecular weight excluding hydrogens is 345 g/mol. The highest BCUT2D eigenvalue weighted by atomic mass is 19.1. The summed E-state index contributed by atoms with van der Waals surface area (Å²) in [6.45, 7) is 3.87. The lowest BCUT2D eigenvalue weighted by molar-refractivity contribution is 0.0255.